The molecule has 5 nitrogen and oxygen atoms in total. The molecule has 0 unspecified atom stereocenters. The Kier molecular flexibility index (Phi) is 1.98. The molecule has 2 aromatic heterocycles. The summed E-state index contributed by atoms with van der Waals surface area (Å²) in [4.78, 5) is 30.2. The standard InChI is InChI=1S/C9H7N3O2/c13-5-6-1-2-7(11-6)8-3-4-10-9(14)12-8/h1-5,11H,(H,10,12,14). The maximum atomic E-state index is 10.9. The smallest absolute Gasteiger partial charge is 0.345 e. The van der Waals surface area contributed by atoms with Crippen LogP contribution in [0.25, 0.3) is 11.4 Å². The van der Waals surface area contributed by atoms with Crippen LogP contribution in [0.5, 0.6) is 0 Å². The molecule has 0 aromatic carbocycles. The summed E-state index contributed by atoms with van der Waals surface area (Å²) in [5, 5.41) is 0. The van der Waals surface area contributed by atoms with E-state index in [9.17, 15) is 9.59 Å². The summed E-state index contributed by atoms with van der Waals surface area (Å²) in [6.07, 6.45) is 2.12. The van der Waals surface area contributed by atoms with E-state index in [-0.39, 0.29) is 0 Å². The van der Waals surface area contributed by atoms with Gasteiger partial charge in [-0.3, -0.25) is 4.79 Å². The zero-order valence-corrected chi connectivity index (χ0v) is 7.15. The number of aldehydes is 1. The second-order valence-corrected chi connectivity index (χ2v) is 2.73. The molecule has 2 rings (SSSR count). The van der Waals surface area contributed by atoms with Gasteiger partial charge in [-0.15, -0.1) is 0 Å². The zero-order valence-electron chi connectivity index (χ0n) is 7.15. The van der Waals surface area contributed by atoms with Crippen molar-refractivity contribution in [3.63, 3.8) is 0 Å². The van der Waals surface area contributed by atoms with E-state index in [2.05, 4.69) is 15.0 Å². The molecule has 0 aliphatic heterocycles. The lowest BCUT2D eigenvalue weighted by molar-refractivity contribution is 0.111. The highest BCUT2D eigenvalue weighted by Crippen LogP contribution is 2.12. The first-order valence-electron chi connectivity index (χ1n) is 3.99. The Balaban J connectivity index is 2.49. The molecule has 0 aliphatic rings. The van der Waals surface area contributed by atoms with Crippen molar-refractivity contribution < 1.29 is 4.79 Å². The molecule has 2 heterocycles. The SMILES string of the molecule is O=Cc1ccc(-c2ccnc(=O)[nH]2)[nH]1. The van der Waals surface area contributed by atoms with Gasteiger partial charge < -0.3 is 9.97 Å². The van der Waals surface area contributed by atoms with Crippen LogP contribution in [0.1, 0.15) is 10.5 Å². The van der Waals surface area contributed by atoms with Crippen LogP contribution in [-0.4, -0.2) is 21.2 Å². The predicted molar refractivity (Wildman–Crippen MR) is 50.0 cm³/mol. The van der Waals surface area contributed by atoms with Gasteiger partial charge in [0.05, 0.1) is 17.1 Å². The quantitative estimate of drug-likeness (QED) is 0.678. The molecular weight excluding hydrogens is 182 g/mol. The first-order chi connectivity index (χ1) is 6.79. The van der Waals surface area contributed by atoms with Gasteiger partial charge in [0.15, 0.2) is 6.29 Å². The van der Waals surface area contributed by atoms with Gasteiger partial charge in [0.2, 0.25) is 0 Å². The molecule has 0 bridgehead atoms. The summed E-state index contributed by atoms with van der Waals surface area (Å²) in [5.41, 5.74) is 1.35. The van der Waals surface area contributed by atoms with Crippen LogP contribution >= 0.6 is 0 Å². The monoisotopic (exact) mass is 189 g/mol. The highest BCUT2D eigenvalue weighted by atomic mass is 16.1. The minimum Gasteiger partial charge on any atom is -0.351 e. The number of hydrogen-bond donors (Lipinski definition) is 2. The number of carbonyl (C=O) groups is 1. The number of rotatable bonds is 2. The number of aromatic nitrogens is 3. The first-order valence-corrected chi connectivity index (χ1v) is 3.99. The maximum absolute atomic E-state index is 10.9. The van der Waals surface area contributed by atoms with E-state index in [4.69, 9.17) is 0 Å². The first kappa shape index (κ1) is 8.43. The highest BCUT2D eigenvalue weighted by molar-refractivity contribution is 5.74. The molecule has 0 saturated heterocycles. The third-order valence-corrected chi connectivity index (χ3v) is 1.80. The van der Waals surface area contributed by atoms with E-state index in [1.54, 1.807) is 18.2 Å². The summed E-state index contributed by atoms with van der Waals surface area (Å²) in [6.45, 7) is 0. The topological polar surface area (TPSA) is 78.6 Å². The van der Waals surface area contributed by atoms with E-state index in [0.717, 1.165) is 0 Å². The Hall–Kier alpha value is -2.17. The predicted octanol–water partition coefficient (Wildman–Crippen LogP) is 0.577. The van der Waals surface area contributed by atoms with E-state index >= 15 is 0 Å². The molecule has 0 aliphatic carbocycles. The van der Waals surface area contributed by atoms with Crippen LogP contribution in [0, 0.1) is 0 Å². The van der Waals surface area contributed by atoms with Crippen LogP contribution in [0.4, 0.5) is 0 Å². The van der Waals surface area contributed by atoms with Gasteiger partial charge >= 0.3 is 5.69 Å². The fourth-order valence-corrected chi connectivity index (χ4v) is 1.16. The molecule has 14 heavy (non-hydrogen) atoms. The molecule has 5 heteroatoms. The number of aromatic amines is 2. The van der Waals surface area contributed by atoms with Gasteiger partial charge in [0.25, 0.3) is 0 Å². The Morgan fingerprint density at radius 2 is 1.93 bits per heavy atom. The Bertz CT molecular complexity index is 513. The van der Waals surface area contributed by atoms with Gasteiger partial charge in [-0.05, 0) is 18.2 Å². The second kappa shape index (κ2) is 3.29. The lowest BCUT2D eigenvalue weighted by Crippen LogP contribution is -2.09. The third-order valence-electron chi connectivity index (χ3n) is 1.80. The molecule has 2 N–H and O–H groups in total. The van der Waals surface area contributed by atoms with Crippen molar-refractivity contribution in [2.45, 2.75) is 0 Å². The maximum Gasteiger partial charge on any atom is 0.345 e. The summed E-state index contributed by atoms with van der Waals surface area (Å²) in [5.74, 6) is 0. The zero-order chi connectivity index (χ0) is 9.97. The van der Waals surface area contributed by atoms with Crippen LogP contribution in [0.15, 0.2) is 29.2 Å². The van der Waals surface area contributed by atoms with Gasteiger partial charge in [0, 0.05) is 6.20 Å². The van der Waals surface area contributed by atoms with Crippen LogP contribution in [-0.2, 0) is 0 Å². The van der Waals surface area contributed by atoms with Crippen molar-refractivity contribution in [3.05, 3.63) is 40.6 Å². The van der Waals surface area contributed by atoms with E-state index < -0.39 is 5.69 Å². The van der Waals surface area contributed by atoms with E-state index in [1.165, 1.54) is 6.20 Å². The number of hydrogen-bond acceptors (Lipinski definition) is 3. The van der Waals surface area contributed by atoms with Crippen LogP contribution in [0.3, 0.4) is 0 Å². The van der Waals surface area contributed by atoms with Crippen molar-refractivity contribution >= 4 is 6.29 Å². The van der Waals surface area contributed by atoms with E-state index in [0.29, 0.717) is 23.4 Å². The molecule has 0 saturated carbocycles. The summed E-state index contributed by atoms with van der Waals surface area (Å²) in [7, 11) is 0. The fourth-order valence-electron chi connectivity index (χ4n) is 1.16. The summed E-state index contributed by atoms with van der Waals surface area (Å²) >= 11 is 0. The molecular formula is C9H7N3O2. The van der Waals surface area contributed by atoms with Crippen molar-refractivity contribution in [1.82, 2.24) is 15.0 Å². The van der Waals surface area contributed by atoms with Crippen molar-refractivity contribution in [1.29, 1.82) is 0 Å². The van der Waals surface area contributed by atoms with Crippen LogP contribution < -0.4 is 5.69 Å². The van der Waals surface area contributed by atoms with Gasteiger partial charge in [-0.2, -0.15) is 0 Å². The van der Waals surface area contributed by atoms with Gasteiger partial charge in [-0.25, -0.2) is 9.78 Å². The van der Waals surface area contributed by atoms with Crippen molar-refractivity contribution in [2.24, 2.45) is 0 Å². The molecule has 70 valence electrons. The largest absolute Gasteiger partial charge is 0.351 e. The summed E-state index contributed by atoms with van der Waals surface area (Å²) < 4.78 is 0. The molecule has 2 aromatic rings. The Morgan fingerprint density at radius 1 is 1.14 bits per heavy atom. The number of carbonyl (C=O) groups excluding carboxylic acids is 1. The van der Waals surface area contributed by atoms with E-state index in [1.807, 2.05) is 0 Å². The van der Waals surface area contributed by atoms with Crippen LogP contribution in [0.2, 0.25) is 0 Å². The molecule has 0 spiro atoms. The molecule has 0 radical (unpaired) electrons. The minimum atomic E-state index is -0.412. The Labute approximate surface area is 78.8 Å². The van der Waals surface area contributed by atoms with Crippen molar-refractivity contribution in [2.75, 3.05) is 0 Å². The molecule has 0 atom stereocenters. The third kappa shape index (κ3) is 1.47. The highest BCUT2D eigenvalue weighted by Gasteiger charge is 2.01. The van der Waals surface area contributed by atoms with Crippen molar-refractivity contribution in [3.8, 4) is 11.4 Å². The van der Waals surface area contributed by atoms with Gasteiger partial charge in [0.1, 0.15) is 0 Å². The lowest BCUT2D eigenvalue weighted by atomic mass is 10.3. The lowest BCUT2D eigenvalue weighted by Gasteiger charge is -1.95. The average Bonchev–Trinajstić information content (AvgIpc) is 2.66. The second-order valence-electron chi connectivity index (χ2n) is 2.73. The normalized spacial score (nSPS) is 10.0. The van der Waals surface area contributed by atoms with Gasteiger partial charge in [-0.1, -0.05) is 0 Å². The minimum absolute atomic E-state index is 0.412. The fraction of sp³-hybridized carbons (Fsp3) is 0. The number of nitrogens with zero attached hydrogens (tertiary/aromatic N) is 1. The summed E-state index contributed by atoms with van der Waals surface area (Å²) in [6, 6.07) is 5.01. The number of H-pyrrole nitrogens is 2. The number of nitrogens with one attached hydrogen (secondary N) is 2. The molecule has 0 fully saturated rings. The average molecular weight is 189 g/mol. The molecule has 0 amide bonds. The Morgan fingerprint density at radius 3 is 2.57 bits per heavy atom.